The second-order valence-corrected chi connectivity index (χ2v) is 5.74. The van der Waals surface area contributed by atoms with Crippen molar-refractivity contribution in [3.63, 3.8) is 0 Å². The van der Waals surface area contributed by atoms with E-state index in [4.69, 9.17) is 0 Å². The average molecular weight is 408 g/mol. The maximum atomic E-state index is 14.2. The van der Waals surface area contributed by atoms with Crippen LogP contribution in [0.3, 0.4) is 0 Å². The highest BCUT2D eigenvalue weighted by atomic mass is 127. The van der Waals surface area contributed by atoms with Gasteiger partial charge in [0.1, 0.15) is 5.75 Å². The molecule has 0 N–H and O–H groups in total. The number of alkyl halides is 7. The van der Waals surface area contributed by atoms with E-state index < -0.39 is 21.4 Å². The quantitative estimate of drug-likeness (QED) is 0.299. The second-order valence-electron chi connectivity index (χ2n) is 4.17. The summed E-state index contributed by atoms with van der Waals surface area (Å²) in [5, 5.41) is 0. The molecule has 1 nitrogen and oxygen atoms in total. The molecule has 0 aliphatic heterocycles. The summed E-state index contributed by atoms with van der Waals surface area (Å²) >= 11 is 0.501. The number of benzene rings is 1. The molecule has 0 heterocycles. The maximum Gasteiger partial charge on any atom is 0.386 e. The third-order valence-electron chi connectivity index (χ3n) is 2.76. The molecule has 1 aliphatic rings. The Balaban J connectivity index is 2.46. The number of halogens is 7. The van der Waals surface area contributed by atoms with E-state index in [1.165, 1.54) is 18.2 Å². The van der Waals surface area contributed by atoms with Gasteiger partial charge in [0.05, 0.1) is 0 Å². The van der Waals surface area contributed by atoms with Gasteiger partial charge in [-0.2, -0.15) is 22.0 Å². The molecule has 0 spiro atoms. The van der Waals surface area contributed by atoms with Gasteiger partial charge in [-0.3, -0.25) is 0 Å². The molecule has 0 amide bonds. The van der Waals surface area contributed by atoms with Crippen LogP contribution >= 0.6 is 22.6 Å². The summed E-state index contributed by atoms with van der Waals surface area (Å²) in [7, 11) is 0. The van der Waals surface area contributed by atoms with Gasteiger partial charge in [-0.25, -0.2) is 4.39 Å². The molecule has 2 unspecified atom stereocenters. The molecule has 0 aromatic heterocycles. The fourth-order valence-corrected chi connectivity index (χ4v) is 2.12. The lowest BCUT2D eigenvalue weighted by Gasteiger charge is -2.42. The minimum Gasteiger partial charge on any atom is -0.449 e. The smallest absolute Gasteiger partial charge is 0.386 e. The molecule has 0 saturated carbocycles. The molecule has 0 saturated heterocycles. The minimum absolute atomic E-state index is 0.0240. The summed E-state index contributed by atoms with van der Waals surface area (Å²) in [5.41, 5.74) is 0. The van der Waals surface area contributed by atoms with E-state index in [1.54, 1.807) is 0 Å². The normalized spacial score (nSPS) is 34.8. The average Bonchev–Trinajstić information content (AvgIpc) is 2.36. The molecule has 20 heavy (non-hydrogen) atoms. The third-order valence-corrected chi connectivity index (χ3v) is 3.79. The number of rotatable bonds is 2. The van der Waals surface area contributed by atoms with Crippen molar-refractivity contribution in [2.24, 2.45) is 0 Å². The van der Waals surface area contributed by atoms with Crippen LogP contribution in [0, 0.1) is 0 Å². The molecular formula is C12H7F6IO. The van der Waals surface area contributed by atoms with E-state index in [1.807, 2.05) is 0 Å². The van der Waals surface area contributed by atoms with E-state index in [2.05, 4.69) is 4.74 Å². The lowest BCUT2D eigenvalue weighted by molar-refractivity contribution is -0.326. The first kappa shape index (κ1) is 15.5. The Kier molecular flexibility index (Phi) is 3.51. The highest BCUT2D eigenvalue weighted by Crippen LogP contribution is 2.58. The summed E-state index contributed by atoms with van der Waals surface area (Å²) in [5.74, 6) is -15.2. The van der Waals surface area contributed by atoms with E-state index >= 15 is 0 Å². The zero-order chi connectivity index (χ0) is 15.2. The van der Waals surface area contributed by atoms with Crippen molar-refractivity contribution in [3.05, 3.63) is 42.5 Å². The second kappa shape index (κ2) is 4.54. The molecule has 2 rings (SSSR count). The summed E-state index contributed by atoms with van der Waals surface area (Å²) in [4.78, 5) is 0. The molecule has 1 aliphatic carbocycles. The van der Waals surface area contributed by atoms with Crippen LogP contribution in [0.5, 0.6) is 5.75 Å². The first-order chi connectivity index (χ1) is 9.04. The van der Waals surface area contributed by atoms with Gasteiger partial charge >= 0.3 is 17.7 Å². The van der Waals surface area contributed by atoms with Gasteiger partial charge in [-0.15, -0.1) is 0 Å². The van der Waals surface area contributed by atoms with E-state index in [0.717, 1.165) is 12.1 Å². The summed E-state index contributed by atoms with van der Waals surface area (Å²) in [6, 6.07) is 6.42. The summed E-state index contributed by atoms with van der Waals surface area (Å²) in [6.07, 6.45) is 0.0117. The number of hydrogen-bond acceptors (Lipinski definition) is 1. The number of allylic oxidation sites excluding steroid dienone is 1. The molecule has 110 valence electrons. The van der Waals surface area contributed by atoms with Gasteiger partial charge in [-0.1, -0.05) is 18.2 Å². The van der Waals surface area contributed by atoms with Gasteiger partial charge in [-0.05, 0) is 46.9 Å². The Morgan fingerprint density at radius 1 is 0.800 bits per heavy atom. The van der Waals surface area contributed by atoms with Crippen LogP contribution < -0.4 is 4.74 Å². The molecule has 1 aromatic carbocycles. The van der Waals surface area contributed by atoms with Crippen LogP contribution in [-0.4, -0.2) is 21.4 Å². The predicted molar refractivity (Wildman–Crippen MR) is 67.8 cm³/mol. The van der Waals surface area contributed by atoms with Crippen LogP contribution in [-0.2, 0) is 0 Å². The Bertz CT molecular complexity index is 530. The van der Waals surface area contributed by atoms with Crippen molar-refractivity contribution in [1.82, 2.24) is 0 Å². The molecular weight excluding hydrogens is 401 g/mol. The van der Waals surface area contributed by atoms with Crippen molar-refractivity contribution < 1.29 is 31.1 Å². The molecule has 1 aromatic rings. The van der Waals surface area contributed by atoms with Crippen LogP contribution in [0.4, 0.5) is 26.3 Å². The number of hydrogen-bond donors (Lipinski definition) is 0. The molecule has 0 fully saturated rings. The van der Waals surface area contributed by atoms with Crippen LogP contribution in [0.2, 0.25) is 0 Å². The Labute approximate surface area is 123 Å². The summed E-state index contributed by atoms with van der Waals surface area (Å²) < 4.78 is 82.5. The lowest BCUT2D eigenvalue weighted by Crippen LogP contribution is -2.66. The Hall–Kier alpha value is -0.930. The number of para-hydroxylation sites is 1. The molecule has 2 atom stereocenters. The van der Waals surface area contributed by atoms with E-state index in [9.17, 15) is 26.3 Å². The molecule has 8 heteroatoms. The fourth-order valence-electron chi connectivity index (χ4n) is 1.60. The van der Waals surface area contributed by atoms with Crippen molar-refractivity contribution in [1.29, 1.82) is 0 Å². The van der Waals surface area contributed by atoms with Gasteiger partial charge < -0.3 is 4.74 Å². The van der Waals surface area contributed by atoms with Gasteiger partial charge in [0.25, 0.3) is 0 Å². The van der Waals surface area contributed by atoms with Crippen LogP contribution in [0.1, 0.15) is 0 Å². The fraction of sp³-hybridized carbons (Fsp3) is 0.333. The standard InChI is InChI=1S/C12H7F6IO/c13-9(19)6-7-10(14,12(17,18)11(9,15)16)20-8-4-2-1-3-5-8/h1-7H. The van der Waals surface area contributed by atoms with E-state index in [0.29, 0.717) is 22.6 Å². The zero-order valence-electron chi connectivity index (χ0n) is 9.60. The predicted octanol–water partition coefficient (Wildman–Crippen LogP) is 4.67. The Morgan fingerprint density at radius 3 is 1.90 bits per heavy atom. The first-order valence-corrected chi connectivity index (χ1v) is 6.38. The van der Waals surface area contributed by atoms with E-state index in [-0.39, 0.29) is 17.9 Å². The van der Waals surface area contributed by atoms with Crippen molar-refractivity contribution >= 4 is 22.6 Å². The maximum absolute atomic E-state index is 14.2. The SMILES string of the molecule is FC1(I)C=CC(F)(Oc2ccccc2)C(F)(F)C1(F)F. The van der Waals surface area contributed by atoms with Crippen molar-refractivity contribution in [3.8, 4) is 5.75 Å². The van der Waals surface area contributed by atoms with Crippen molar-refractivity contribution in [2.45, 2.75) is 21.4 Å². The van der Waals surface area contributed by atoms with Gasteiger partial charge in [0.2, 0.25) is 3.68 Å². The van der Waals surface area contributed by atoms with Crippen LogP contribution in [0.25, 0.3) is 0 Å². The van der Waals surface area contributed by atoms with Gasteiger partial charge in [0.15, 0.2) is 0 Å². The highest BCUT2D eigenvalue weighted by Gasteiger charge is 2.80. The summed E-state index contributed by atoms with van der Waals surface area (Å²) in [6.45, 7) is 0. The third kappa shape index (κ3) is 2.08. The highest BCUT2D eigenvalue weighted by molar-refractivity contribution is 14.1. The van der Waals surface area contributed by atoms with Crippen LogP contribution in [0.15, 0.2) is 42.5 Å². The topological polar surface area (TPSA) is 9.23 Å². The molecule has 0 bridgehead atoms. The van der Waals surface area contributed by atoms with Gasteiger partial charge in [0, 0.05) is 0 Å². The molecule has 0 radical (unpaired) electrons. The number of ether oxygens (including phenoxy) is 1. The Morgan fingerprint density at radius 2 is 1.35 bits per heavy atom. The lowest BCUT2D eigenvalue weighted by atomic mass is 9.92. The zero-order valence-corrected chi connectivity index (χ0v) is 11.8. The van der Waals surface area contributed by atoms with Crippen molar-refractivity contribution in [2.75, 3.05) is 0 Å². The minimum atomic E-state index is -5.37. The first-order valence-electron chi connectivity index (χ1n) is 5.30. The monoisotopic (exact) mass is 408 g/mol. The largest absolute Gasteiger partial charge is 0.449 e.